The van der Waals surface area contributed by atoms with Gasteiger partial charge in [-0.1, -0.05) is 12.8 Å². The van der Waals surface area contributed by atoms with Gasteiger partial charge in [0.05, 0.1) is 20.1 Å². The van der Waals surface area contributed by atoms with Crippen LogP contribution in [0.3, 0.4) is 0 Å². The molecule has 0 saturated heterocycles. The highest BCUT2D eigenvalue weighted by molar-refractivity contribution is 5.69. The summed E-state index contributed by atoms with van der Waals surface area (Å²) in [7, 11) is 3.14. The van der Waals surface area contributed by atoms with E-state index in [4.69, 9.17) is 15.2 Å². The molecule has 1 rings (SSSR count). The third-order valence-electron chi connectivity index (χ3n) is 4.05. The van der Waals surface area contributed by atoms with Crippen LogP contribution in [0.4, 0.5) is 0 Å². The fourth-order valence-corrected chi connectivity index (χ4v) is 2.93. The van der Waals surface area contributed by atoms with Crippen molar-refractivity contribution in [2.75, 3.05) is 40.5 Å². The van der Waals surface area contributed by atoms with Gasteiger partial charge in [-0.15, -0.1) is 0 Å². The molecule has 112 valence electrons. The van der Waals surface area contributed by atoms with Gasteiger partial charge in [-0.05, 0) is 25.3 Å². The van der Waals surface area contributed by atoms with Gasteiger partial charge < -0.3 is 15.2 Å². The Bertz CT molecular complexity index is 261. The van der Waals surface area contributed by atoms with Crippen LogP contribution in [0.5, 0.6) is 0 Å². The van der Waals surface area contributed by atoms with E-state index in [9.17, 15) is 4.79 Å². The monoisotopic (exact) mass is 272 g/mol. The number of nitrogens with two attached hydrogens (primary N) is 1. The number of carbonyl (C=O) groups is 1. The molecule has 1 saturated carbocycles. The molecule has 19 heavy (non-hydrogen) atoms. The van der Waals surface area contributed by atoms with Gasteiger partial charge in [0.25, 0.3) is 0 Å². The van der Waals surface area contributed by atoms with E-state index in [0.717, 1.165) is 19.6 Å². The molecule has 0 spiro atoms. The molecular weight excluding hydrogens is 244 g/mol. The van der Waals surface area contributed by atoms with Crippen molar-refractivity contribution in [3.05, 3.63) is 0 Å². The molecule has 1 aliphatic carbocycles. The Morgan fingerprint density at radius 3 is 2.63 bits per heavy atom. The summed E-state index contributed by atoms with van der Waals surface area (Å²) in [4.78, 5) is 13.7. The third kappa shape index (κ3) is 5.47. The quantitative estimate of drug-likeness (QED) is 0.668. The van der Waals surface area contributed by atoms with Gasteiger partial charge in [0.2, 0.25) is 0 Å². The Morgan fingerprint density at radius 2 is 2.00 bits per heavy atom. The first-order valence-electron chi connectivity index (χ1n) is 7.22. The summed E-state index contributed by atoms with van der Waals surface area (Å²) in [6.07, 6.45) is 5.33. The summed E-state index contributed by atoms with van der Waals surface area (Å²) in [6, 6.07) is 0.485. The van der Waals surface area contributed by atoms with Crippen molar-refractivity contribution in [3.63, 3.8) is 0 Å². The number of nitrogens with zero attached hydrogens (tertiary/aromatic N) is 1. The molecule has 1 fully saturated rings. The van der Waals surface area contributed by atoms with E-state index < -0.39 is 0 Å². The largest absolute Gasteiger partial charge is 0.469 e. The van der Waals surface area contributed by atoms with Gasteiger partial charge in [0.15, 0.2) is 0 Å². The molecular formula is C14H28N2O3. The first-order valence-corrected chi connectivity index (χ1v) is 7.22. The minimum atomic E-state index is -0.150. The summed E-state index contributed by atoms with van der Waals surface area (Å²) in [5, 5.41) is 0. The van der Waals surface area contributed by atoms with Crippen LogP contribution in [0.1, 0.15) is 32.1 Å². The van der Waals surface area contributed by atoms with Crippen LogP contribution in [-0.4, -0.2) is 57.4 Å². The molecule has 5 nitrogen and oxygen atoms in total. The fraction of sp³-hybridized carbons (Fsp3) is 0.929. The Hall–Kier alpha value is -0.650. The highest BCUT2D eigenvalue weighted by Gasteiger charge is 2.29. The van der Waals surface area contributed by atoms with Crippen molar-refractivity contribution < 1.29 is 14.3 Å². The maximum absolute atomic E-state index is 11.3. The van der Waals surface area contributed by atoms with Gasteiger partial charge in [0.1, 0.15) is 0 Å². The minimum absolute atomic E-state index is 0.150. The van der Waals surface area contributed by atoms with E-state index >= 15 is 0 Å². The lowest BCUT2D eigenvalue weighted by atomic mass is 9.83. The highest BCUT2D eigenvalue weighted by atomic mass is 16.5. The SMILES string of the molecule is COCCN(CCC(=O)OC)C1CCCCC1CN. The topological polar surface area (TPSA) is 64.8 Å². The number of methoxy groups -OCH3 is 2. The first-order chi connectivity index (χ1) is 9.22. The Balaban J connectivity index is 2.56. The van der Waals surface area contributed by atoms with E-state index in [1.165, 1.54) is 32.8 Å². The van der Waals surface area contributed by atoms with Crippen molar-refractivity contribution in [1.29, 1.82) is 0 Å². The fourth-order valence-electron chi connectivity index (χ4n) is 2.93. The molecule has 0 aliphatic heterocycles. The van der Waals surface area contributed by atoms with Crippen LogP contribution in [0.2, 0.25) is 0 Å². The molecule has 0 aromatic rings. The summed E-state index contributed by atoms with van der Waals surface area (Å²) < 4.78 is 9.90. The molecule has 2 unspecified atom stereocenters. The molecule has 1 aliphatic rings. The van der Waals surface area contributed by atoms with Crippen LogP contribution < -0.4 is 5.73 Å². The van der Waals surface area contributed by atoms with Gasteiger partial charge >= 0.3 is 5.97 Å². The smallest absolute Gasteiger partial charge is 0.306 e. The lowest BCUT2D eigenvalue weighted by Gasteiger charge is -2.39. The number of ether oxygens (including phenoxy) is 2. The van der Waals surface area contributed by atoms with Crippen molar-refractivity contribution in [3.8, 4) is 0 Å². The molecule has 0 amide bonds. The normalized spacial score (nSPS) is 23.6. The Kier molecular flexibility index (Phi) is 8.02. The van der Waals surface area contributed by atoms with Gasteiger partial charge in [-0.25, -0.2) is 0 Å². The van der Waals surface area contributed by atoms with Gasteiger partial charge in [-0.2, -0.15) is 0 Å². The van der Waals surface area contributed by atoms with Crippen LogP contribution in [0.25, 0.3) is 0 Å². The standard InChI is InChI=1S/C14H28N2O3/c1-18-10-9-16(8-7-14(17)19-2)13-6-4-3-5-12(13)11-15/h12-13H,3-11,15H2,1-2H3. The summed E-state index contributed by atoms with van der Waals surface area (Å²) in [5.41, 5.74) is 5.89. The maximum atomic E-state index is 11.3. The van der Waals surface area contributed by atoms with Crippen molar-refractivity contribution in [2.45, 2.75) is 38.1 Å². The average molecular weight is 272 g/mol. The second-order valence-electron chi connectivity index (χ2n) is 5.20. The molecule has 0 heterocycles. The molecule has 2 N–H and O–H groups in total. The number of esters is 1. The number of rotatable bonds is 8. The lowest BCUT2D eigenvalue weighted by molar-refractivity contribution is -0.141. The zero-order valence-electron chi connectivity index (χ0n) is 12.3. The van der Waals surface area contributed by atoms with Gasteiger partial charge in [0, 0.05) is 26.2 Å². The van der Waals surface area contributed by atoms with Crippen LogP contribution in [-0.2, 0) is 14.3 Å². The molecule has 5 heteroatoms. The molecule has 0 radical (unpaired) electrons. The first kappa shape index (κ1) is 16.4. The van der Waals surface area contributed by atoms with Crippen LogP contribution in [0.15, 0.2) is 0 Å². The zero-order valence-corrected chi connectivity index (χ0v) is 12.3. The Labute approximate surface area is 116 Å². The average Bonchev–Trinajstić information content (AvgIpc) is 2.47. The molecule has 2 atom stereocenters. The van der Waals surface area contributed by atoms with E-state index in [0.29, 0.717) is 25.0 Å². The molecule has 0 aromatic heterocycles. The molecule has 0 aromatic carbocycles. The van der Waals surface area contributed by atoms with E-state index in [1.54, 1.807) is 7.11 Å². The maximum Gasteiger partial charge on any atom is 0.306 e. The zero-order chi connectivity index (χ0) is 14.1. The predicted molar refractivity (Wildman–Crippen MR) is 74.9 cm³/mol. The van der Waals surface area contributed by atoms with E-state index in [1.807, 2.05) is 0 Å². The van der Waals surface area contributed by atoms with Crippen molar-refractivity contribution in [2.24, 2.45) is 11.7 Å². The lowest BCUT2D eigenvalue weighted by Crippen LogP contribution is -2.47. The second kappa shape index (κ2) is 9.28. The van der Waals surface area contributed by atoms with Crippen molar-refractivity contribution in [1.82, 2.24) is 4.90 Å². The highest BCUT2D eigenvalue weighted by Crippen LogP contribution is 2.27. The second-order valence-corrected chi connectivity index (χ2v) is 5.20. The van der Waals surface area contributed by atoms with Crippen LogP contribution in [0, 0.1) is 5.92 Å². The van der Waals surface area contributed by atoms with Gasteiger partial charge in [-0.3, -0.25) is 9.69 Å². The van der Waals surface area contributed by atoms with E-state index in [-0.39, 0.29) is 5.97 Å². The van der Waals surface area contributed by atoms with E-state index in [2.05, 4.69) is 4.90 Å². The number of carbonyl (C=O) groups excluding carboxylic acids is 1. The summed E-state index contributed by atoms with van der Waals surface area (Å²) in [5.74, 6) is 0.394. The minimum Gasteiger partial charge on any atom is -0.469 e. The summed E-state index contributed by atoms with van der Waals surface area (Å²) >= 11 is 0. The van der Waals surface area contributed by atoms with Crippen LogP contribution >= 0.6 is 0 Å². The molecule has 0 bridgehead atoms. The summed E-state index contributed by atoms with van der Waals surface area (Å²) in [6.45, 7) is 3.01. The Morgan fingerprint density at radius 1 is 1.26 bits per heavy atom. The van der Waals surface area contributed by atoms with Crippen molar-refractivity contribution >= 4 is 5.97 Å². The number of hydrogen-bond acceptors (Lipinski definition) is 5. The predicted octanol–water partition coefficient (Wildman–Crippen LogP) is 1.02. The third-order valence-corrected chi connectivity index (χ3v) is 4.05. The number of hydrogen-bond donors (Lipinski definition) is 1.